The summed E-state index contributed by atoms with van der Waals surface area (Å²) in [5.74, 6) is 0.329. The highest BCUT2D eigenvalue weighted by Gasteiger charge is 2.22. The number of hydrogen-bond acceptors (Lipinski definition) is 6. The zero-order valence-electron chi connectivity index (χ0n) is 14.1. The summed E-state index contributed by atoms with van der Waals surface area (Å²) in [5.41, 5.74) is 1.61. The lowest BCUT2D eigenvalue weighted by Gasteiger charge is -2.17. The van der Waals surface area contributed by atoms with Crippen molar-refractivity contribution in [2.24, 2.45) is 0 Å². The monoisotopic (exact) mass is 356 g/mol. The van der Waals surface area contributed by atoms with E-state index in [9.17, 15) is 4.79 Å². The van der Waals surface area contributed by atoms with Crippen LogP contribution < -0.4 is 0 Å². The van der Waals surface area contributed by atoms with Crippen LogP contribution in [0, 0.1) is 11.3 Å². The van der Waals surface area contributed by atoms with Crippen molar-refractivity contribution in [2.75, 3.05) is 12.8 Å². The molecule has 0 bridgehead atoms. The Kier molecular flexibility index (Phi) is 5.66. The van der Waals surface area contributed by atoms with E-state index in [0.29, 0.717) is 29.1 Å². The van der Waals surface area contributed by atoms with E-state index < -0.39 is 0 Å². The second-order valence-electron chi connectivity index (χ2n) is 6.19. The van der Waals surface area contributed by atoms with Crippen LogP contribution in [0.3, 0.4) is 0 Å². The minimum atomic E-state index is 0.0235. The van der Waals surface area contributed by atoms with E-state index >= 15 is 0 Å². The molecule has 130 valence electrons. The molecule has 3 rings (SSSR count). The molecule has 0 aliphatic heterocycles. The summed E-state index contributed by atoms with van der Waals surface area (Å²) in [5, 5.41) is 21.5. The zero-order chi connectivity index (χ0) is 17.6. The molecule has 0 N–H and O–H groups in total. The first-order chi connectivity index (χ1) is 12.2. The van der Waals surface area contributed by atoms with Crippen LogP contribution >= 0.6 is 11.8 Å². The molecule has 1 aliphatic carbocycles. The average Bonchev–Trinajstić information content (AvgIpc) is 3.31. The SMILES string of the molecule is CN(Cc1ccc(C#N)cc1)C(=O)CSc1nnnn1C1CCCC1. The molecule has 1 saturated carbocycles. The normalized spacial score (nSPS) is 14.4. The molecule has 1 heterocycles. The van der Waals surface area contributed by atoms with Gasteiger partial charge in [0.2, 0.25) is 11.1 Å². The van der Waals surface area contributed by atoms with Crippen LogP contribution in [0.15, 0.2) is 29.4 Å². The highest BCUT2D eigenvalue weighted by Crippen LogP contribution is 2.31. The van der Waals surface area contributed by atoms with Crippen LogP contribution in [-0.4, -0.2) is 43.8 Å². The van der Waals surface area contributed by atoms with Gasteiger partial charge in [0.05, 0.1) is 23.4 Å². The second-order valence-corrected chi connectivity index (χ2v) is 7.13. The number of carbonyl (C=O) groups is 1. The second kappa shape index (κ2) is 8.12. The fraction of sp³-hybridized carbons (Fsp3) is 0.471. The van der Waals surface area contributed by atoms with E-state index in [-0.39, 0.29) is 5.91 Å². The van der Waals surface area contributed by atoms with Crippen molar-refractivity contribution >= 4 is 17.7 Å². The van der Waals surface area contributed by atoms with Crippen molar-refractivity contribution in [1.29, 1.82) is 5.26 Å². The Morgan fingerprint density at radius 3 is 2.76 bits per heavy atom. The van der Waals surface area contributed by atoms with Crippen molar-refractivity contribution in [3.8, 4) is 6.07 Å². The third kappa shape index (κ3) is 4.37. The maximum absolute atomic E-state index is 12.4. The first-order valence-electron chi connectivity index (χ1n) is 8.31. The standard InChI is InChI=1S/C17H20N6OS/c1-22(11-14-8-6-13(10-18)7-9-14)16(24)12-25-17-19-20-21-23(17)15-4-2-3-5-15/h6-9,15H,2-5,11-12H2,1H3. The molecule has 25 heavy (non-hydrogen) atoms. The van der Waals surface area contributed by atoms with Crippen molar-refractivity contribution in [1.82, 2.24) is 25.1 Å². The molecule has 0 saturated heterocycles. The first kappa shape index (κ1) is 17.4. The Balaban J connectivity index is 1.53. The van der Waals surface area contributed by atoms with E-state index in [0.717, 1.165) is 18.4 Å². The summed E-state index contributed by atoms with van der Waals surface area (Å²) in [6.07, 6.45) is 4.62. The summed E-state index contributed by atoms with van der Waals surface area (Å²) in [6.45, 7) is 0.513. The maximum atomic E-state index is 12.4. The number of amides is 1. The number of aromatic nitrogens is 4. The van der Waals surface area contributed by atoms with Gasteiger partial charge in [-0.25, -0.2) is 4.68 Å². The van der Waals surface area contributed by atoms with Crippen molar-refractivity contribution < 1.29 is 4.79 Å². The summed E-state index contributed by atoms with van der Waals surface area (Å²) in [7, 11) is 1.78. The van der Waals surface area contributed by atoms with Crippen LogP contribution in [0.4, 0.5) is 0 Å². The fourth-order valence-electron chi connectivity index (χ4n) is 2.94. The molecular formula is C17H20N6OS. The average molecular weight is 356 g/mol. The lowest BCUT2D eigenvalue weighted by molar-refractivity contribution is -0.127. The molecule has 1 aliphatic rings. The summed E-state index contributed by atoms with van der Waals surface area (Å²) in [6, 6.07) is 9.72. The lowest BCUT2D eigenvalue weighted by atomic mass is 10.1. The van der Waals surface area contributed by atoms with Gasteiger partial charge in [0, 0.05) is 13.6 Å². The Morgan fingerprint density at radius 2 is 2.08 bits per heavy atom. The molecule has 0 radical (unpaired) electrons. The molecule has 1 aromatic heterocycles. The number of nitrogens with zero attached hydrogens (tertiary/aromatic N) is 6. The molecule has 0 atom stereocenters. The van der Waals surface area contributed by atoms with Gasteiger partial charge in [-0.1, -0.05) is 36.7 Å². The van der Waals surface area contributed by atoms with Gasteiger partial charge in [-0.2, -0.15) is 5.26 Å². The number of benzene rings is 1. The lowest BCUT2D eigenvalue weighted by Crippen LogP contribution is -2.28. The van der Waals surface area contributed by atoms with Crippen LogP contribution in [0.5, 0.6) is 0 Å². The molecule has 1 amide bonds. The van der Waals surface area contributed by atoms with Crippen LogP contribution in [0.25, 0.3) is 0 Å². The van der Waals surface area contributed by atoms with Crippen LogP contribution in [0.1, 0.15) is 42.9 Å². The van der Waals surface area contributed by atoms with Gasteiger partial charge in [-0.05, 0) is 41.0 Å². The van der Waals surface area contributed by atoms with Crippen molar-refractivity contribution in [2.45, 2.75) is 43.4 Å². The van der Waals surface area contributed by atoms with Gasteiger partial charge in [0.15, 0.2) is 0 Å². The number of hydrogen-bond donors (Lipinski definition) is 0. The summed E-state index contributed by atoms with van der Waals surface area (Å²) < 4.78 is 1.87. The van der Waals surface area contributed by atoms with E-state index in [2.05, 4.69) is 21.6 Å². The van der Waals surface area contributed by atoms with Gasteiger partial charge < -0.3 is 4.90 Å². The molecule has 1 aromatic carbocycles. The van der Waals surface area contributed by atoms with E-state index in [4.69, 9.17) is 5.26 Å². The third-order valence-corrected chi connectivity index (χ3v) is 5.30. The molecular weight excluding hydrogens is 336 g/mol. The summed E-state index contributed by atoms with van der Waals surface area (Å²) >= 11 is 1.39. The van der Waals surface area contributed by atoms with E-state index in [1.165, 1.54) is 24.6 Å². The molecule has 0 spiro atoms. The smallest absolute Gasteiger partial charge is 0.233 e. The first-order valence-corrected chi connectivity index (χ1v) is 9.29. The Morgan fingerprint density at radius 1 is 1.36 bits per heavy atom. The highest BCUT2D eigenvalue weighted by molar-refractivity contribution is 7.99. The van der Waals surface area contributed by atoms with Crippen LogP contribution in [-0.2, 0) is 11.3 Å². The van der Waals surface area contributed by atoms with Crippen molar-refractivity contribution in [3.05, 3.63) is 35.4 Å². The largest absolute Gasteiger partial charge is 0.341 e. The van der Waals surface area contributed by atoms with Gasteiger partial charge in [-0.3, -0.25) is 4.79 Å². The number of nitriles is 1. The minimum Gasteiger partial charge on any atom is -0.341 e. The Bertz CT molecular complexity index is 760. The predicted molar refractivity (Wildman–Crippen MR) is 93.7 cm³/mol. The van der Waals surface area contributed by atoms with Crippen LogP contribution in [0.2, 0.25) is 0 Å². The Hall–Kier alpha value is -2.40. The number of carbonyl (C=O) groups excluding carboxylic acids is 1. The fourth-order valence-corrected chi connectivity index (χ4v) is 3.83. The topological polar surface area (TPSA) is 87.7 Å². The number of tetrazole rings is 1. The zero-order valence-corrected chi connectivity index (χ0v) is 14.9. The quantitative estimate of drug-likeness (QED) is 0.739. The van der Waals surface area contributed by atoms with Crippen molar-refractivity contribution in [3.63, 3.8) is 0 Å². The molecule has 8 heteroatoms. The molecule has 1 fully saturated rings. The van der Waals surface area contributed by atoms with Gasteiger partial charge >= 0.3 is 0 Å². The Labute approximate surface area is 151 Å². The van der Waals surface area contributed by atoms with Gasteiger partial charge in [-0.15, -0.1) is 5.10 Å². The summed E-state index contributed by atoms with van der Waals surface area (Å²) in [4.78, 5) is 14.1. The molecule has 7 nitrogen and oxygen atoms in total. The number of rotatable bonds is 6. The van der Waals surface area contributed by atoms with Gasteiger partial charge in [0.25, 0.3) is 0 Å². The highest BCUT2D eigenvalue weighted by atomic mass is 32.2. The van der Waals surface area contributed by atoms with E-state index in [1.807, 2.05) is 16.8 Å². The van der Waals surface area contributed by atoms with E-state index in [1.54, 1.807) is 24.1 Å². The number of thioether (sulfide) groups is 1. The van der Waals surface area contributed by atoms with Gasteiger partial charge in [0.1, 0.15) is 0 Å². The predicted octanol–water partition coefficient (Wildman–Crippen LogP) is 2.41. The third-order valence-electron chi connectivity index (χ3n) is 4.39. The minimum absolute atomic E-state index is 0.0235. The molecule has 0 unspecified atom stereocenters. The molecule has 2 aromatic rings. The maximum Gasteiger partial charge on any atom is 0.233 e.